The molecule has 1 aromatic carbocycles. The third kappa shape index (κ3) is 4.63. The average Bonchev–Trinajstić information content (AvgIpc) is 3.17. The van der Waals surface area contributed by atoms with Crippen LogP contribution in [-0.2, 0) is 30.2 Å². The predicted molar refractivity (Wildman–Crippen MR) is 123 cm³/mol. The summed E-state index contributed by atoms with van der Waals surface area (Å²) < 4.78 is 4.03. The minimum absolute atomic E-state index is 0.0951. The topological polar surface area (TPSA) is 120 Å². The van der Waals surface area contributed by atoms with Crippen LogP contribution < -0.4 is 21.9 Å². The van der Waals surface area contributed by atoms with Gasteiger partial charge in [-0.3, -0.25) is 23.5 Å². The summed E-state index contributed by atoms with van der Waals surface area (Å²) in [6.45, 7) is 5.90. The Bertz CT molecular complexity index is 1300. The number of nitrogens with one attached hydrogen (secondary N) is 2. The zero-order valence-electron chi connectivity index (χ0n) is 18.9. The van der Waals surface area contributed by atoms with Crippen molar-refractivity contribution in [1.82, 2.24) is 18.7 Å². The van der Waals surface area contributed by atoms with Crippen molar-refractivity contribution in [1.29, 1.82) is 0 Å². The number of carbonyl (C=O) groups is 2. The van der Waals surface area contributed by atoms with Crippen LogP contribution >= 0.6 is 0 Å². The predicted octanol–water partition coefficient (Wildman–Crippen LogP) is 1.76. The third-order valence-electron chi connectivity index (χ3n) is 5.32. The summed E-state index contributed by atoms with van der Waals surface area (Å²) in [5, 5.41) is 5.70. The van der Waals surface area contributed by atoms with Crippen LogP contribution in [0.2, 0.25) is 0 Å². The Labute approximate surface area is 184 Å². The molecular weight excluding hydrogens is 412 g/mol. The van der Waals surface area contributed by atoms with Crippen molar-refractivity contribution >= 4 is 34.4 Å². The second kappa shape index (κ2) is 9.21. The number of aromatic nitrogens is 4. The van der Waals surface area contributed by atoms with Gasteiger partial charge >= 0.3 is 5.69 Å². The molecule has 2 amide bonds. The van der Waals surface area contributed by atoms with E-state index in [0.717, 1.165) is 10.1 Å². The smallest absolute Gasteiger partial charge is 0.326 e. The number of anilines is 2. The van der Waals surface area contributed by atoms with Gasteiger partial charge in [0, 0.05) is 44.4 Å². The average molecular weight is 441 g/mol. The lowest BCUT2D eigenvalue weighted by Crippen LogP contribution is -2.37. The highest BCUT2D eigenvalue weighted by atomic mass is 16.2. The summed E-state index contributed by atoms with van der Waals surface area (Å²) >= 11 is 0. The lowest BCUT2D eigenvalue weighted by molar-refractivity contribution is -0.119. The van der Waals surface area contributed by atoms with Crippen molar-refractivity contribution < 1.29 is 9.59 Å². The molecule has 170 valence electrons. The number of hydrogen-bond acceptors (Lipinski definition) is 5. The molecule has 0 atom stereocenters. The summed E-state index contributed by atoms with van der Waals surface area (Å²) in [5.74, 6) is -0.416. The molecule has 0 spiro atoms. The molecule has 0 aliphatic rings. The fourth-order valence-electron chi connectivity index (χ4n) is 3.31. The maximum Gasteiger partial charge on any atom is 0.332 e. The highest BCUT2D eigenvalue weighted by molar-refractivity contribution is 5.95. The van der Waals surface area contributed by atoms with E-state index in [1.807, 2.05) is 26.8 Å². The van der Waals surface area contributed by atoms with E-state index in [1.54, 1.807) is 23.7 Å². The fraction of sp³-hybridized carbons (Fsp3) is 0.409. The monoisotopic (exact) mass is 440 g/mol. The highest BCUT2D eigenvalue weighted by Crippen LogP contribution is 2.21. The molecule has 2 N–H and O–H groups in total. The van der Waals surface area contributed by atoms with Crippen molar-refractivity contribution in [2.75, 3.05) is 10.6 Å². The Morgan fingerprint density at radius 3 is 2.50 bits per heavy atom. The van der Waals surface area contributed by atoms with Crippen molar-refractivity contribution in [3.8, 4) is 0 Å². The molecule has 0 radical (unpaired) electrons. The second-order valence-electron chi connectivity index (χ2n) is 8.14. The van der Waals surface area contributed by atoms with Crippen molar-refractivity contribution in [3.05, 3.63) is 50.9 Å². The molecule has 10 heteroatoms. The number of benzene rings is 1. The van der Waals surface area contributed by atoms with Gasteiger partial charge in [-0.2, -0.15) is 0 Å². The van der Waals surface area contributed by atoms with E-state index in [1.165, 1.54) is 17.9 Å². The molecule has 0 bridgehead atoms. The number of nitrogens with zero attached hydrogens (tertiary/aromatic N) is 4. The zero-order chi connectivity index (χ0) is 23.6. The van der Waals surface area contributed by atoms with Gasteiger partial charge in [-0.25, -0.2) is 9.78 Å². The van der Waals surface area contributed by atoms with Gasteiger partial charge in [-0.15, -0.1) is 0 Å². The lowest BCUT2D eigenvalue weighted by Gasteiger charge is -2.13. The van der Waals surface area contributed by atoms with Crippen molar-refractivity contribution in [2.45, 2.75) is 40.2 Å². The number of imidazole rings is 1. The van der Waals surface area contributed by atoms with E-state index in [-0.39, 0.29) is 24.2 Å². The second-order valence-corrected chi connectivity index (χ2v) is 8.14. The van der Waals surface area contributed by atoms with Crippen LogP contribution in [-0.4, -0.2) is 30.5 Å². The molecule has 10 nitrogen and oxygen atoms in total. The van der Waals surface area contributed by atoms with E-state index < -0.39 is 11.2 Å². The Morgan fingerprint density at radius 1 is 1.09 bits per heavy atom. The number of fused-ring (bicyclic) bond motifs is 1. The molecule has 0 aliphatic carbocycles. The molecule has 32 heavy (non-hydrogen) atoms. The molecule has 0 saturated carbocycles. The summed E-state index contributed by atoms with van der Waals surface area (Å²) in [5.41, 5.74) is 1.93. The van der Waals surface area contributed by atoms with Gasteiger partial charge in [0.15, 0.2) is 11.2 Å². The fourth-order valence-corrected chi connectivity index (χ4v) is 3.31. The Kier molecular flexibility index (Phi) is 6.61. The van der Waals surface area contributed by atoms with Crippen LogP contribution in [0.5, 0.6) is 0 Å². The number of rotatable bonds is 7. The molecule has 0 unspecified atom stereocenters. The summed E-state index contributed by atoms with van der Waals surface area (Å²) in [6, 6.07) is 5.37. The maximum atomic E-state index is 12.5. The van der Waals surface area contributed by atoms with Crippen LogP contribution in [0.15, 0.2) is 34.1 Å². The van der Waals surface area contributed by atoms with Crippen LogP contribution in [0, 0.1) is 12.8 Å². The summed E-state index contributed by atoms with van der Waals surface area (Å²) in [6.07, 6.45) is 2.22. The Balaban J connectivity index is 1.66. The van der Waals surface area contributed by atoms with Crippen LogP contribution in [0.25, 0.3) is 11.2 Å². The van der Waals surface area contributed by atoms with E-state index in [2.05, 4.69) is 15.6 Å². The molecule has 0 saturated heterocycles. The van der Waals surface area contributed by atoms with Gasteiger partial charge in [0.05, 0.1) is 6.33 Å². The molecule has 2 aromatic heterocycles. The minimum Gasteiger partial charge on any atom is -0.326 e. The van der Waals surface area contributed by atoms with Crippen LogP contribution in [0.1, 0.15) is 32.3 Å². The maximum absolute atomic E-state index is 12.5. The molecule has 0 aliphatic heterocycles. The van der Waals surface area contributed by atoms with E-state index in [4.69, 9.17) is 0 Å². The first-order chi connectivity index (χ1) is 15.1. The number of carbonyl (C=O) groups excluding carboxylic acids is 2. The van der Waals surface area contributed by atoms with Gasteiger partial charge in [0.1, 0.15) is 0 Å². The first-order valence-electron chi connectivity index (χ1n) is 10.4. The third-order valence-corrected chi connectivity index (χ3v) is 5.32. The normalized spacial score (nSPS) is 11.2. The minimum atomic E-state index is -0.436. The zero-order valence-corrected chi connectivity index (χ0v) is 18.9. The van der Waals surface area contributed by atoms with Gasteiger partial charge in [0.25, 0.3) is 5.56 Å². The van der Waals surface area contributed by atoms with Gasteiger partial charge in [0.2, 0.25) is 11.8 Å². The molecule has 3 aromatic rings. The molecule has 0 fully saturated rings. The summed E-state index contributed by atoms with van der Waals surface area (Å²) in [7, 11) is 2.99. The Morgan fingerprint density at radius 2 is 1.81 bits per heavy atom. The summed E-state index contributed by atoms with van der Waals surface area (Å²) in [4.78, 5) is 53.1. The van der Waals surface area contributed by atoms with Gasteiger partial charge < -0.3 is 15.2 Å². The Hall–Kier alpha value is -3.69. The van der Waals surface area contributed by atoms with Crippen molar-refractivity contribution in [3.63, 3.8) is 0 Å². The SMILES string of the molecule is Cc1ccc(NC(=O)C(C)C)cc1NC(=O)CCCn1cnc2c1c(=O)n(C)c(=O)n2C. The first-order valence-corrected chi connectivity index (χ1v) is 10.4. The van der Waals surface area contributed by atoms with E-state index in [9.17, 15) is 19.2 Å². The largest absolute Gasteiger partial charge is 0.332 e. The van der Waals surface area contributed by atoms with Gasteiger partial charge in [-0.1, -0.05) is 19.9 Å². The lowest BCUT2D eigenvalue weighted by atomic mass is 10.1. The number of aryl methyl sites for hydroxylation is 3. The van der Waals surface area contributed by atoms with E-state index >= 15 is 0 Å². The highest BCUT2D eigenvalue weighted by Gasteiger charge is 2.15. The number of amides is 2. The van der Waals surface area contributed by atoms with Gasteiger partial charge in [-0.05, 0) is 31.0 Å². The number of hydrogen-bond donors (Lipinski definition) is 2. The van der Waals surface area contributed by atoms with Crippen LogP contribution in [0.4, 0.5) is 11.4 Å². The van der Waals surface area contributed by atoms with Crippen molar-refractivity contribution in [2.24, 2.45) is 20.0 Å². The molecule has 2 heterocycles. The first kappa shape index (κ1) is 23.0. The van der Waals surface area contributed by atoms with E-state index in [0.29, 0.717) is 35.5 Å². The quantitative estimate of drug-likeness (QED) is 0.580. The molecular formula is C22H28N6O4. The molecule has 3 rings (SSSR count). The van der Waals surface area contributed by atoms with Crippen LogP contribution in [0.3, 0.4) is 0 Å². The standard InChI is InChI=1S/C22H28N6O4/c1-13(2)20(30)24-15-9-8-14(3)16(11-15)25-17(29)7-6-10-28-12-23-19-18(28)21(31)27(5)22(32)26(19)4/h8-9,11-13H,6-7,10H2,1-5H3,(H,24,30)(H,25,29).